The van der Waals surface area contributed by atoms with E-state index in [0.717, 1.165) is 0 Å². The van der Waals surface area contributed by atoms with Gasteiger partial charge >= 0.3 is 12.4 Å². The fourth-order valence-electron chi connectivity index (χ4n) is 2.32. The first kappa shape index (κ1) is 22.6. The van der Waals surface area contributed by atoms with Gasteiger partial charge in [-0.25, -0.2) is 0 Å². The zero-order valence-electron chi connectivity index (χ0n) is 14.0. The second kappa shape index (κ2) is 9.00. The molecule has 1 aromatic carbocycles. The van der Waals surface area contributed by atoms with E-state index in [0.29, 0.717) is 25.0 Å². The van der Waals surface area contributed by atoms with Crippen molar-refractivity contribution in [1.29, 1.82) is 0 Å². The van der Waals surface area contributed by atoms with Crippen LogP contribution in [0.25, 0.3) is 0 Å². The van der Waals surface area contributed by atoms with Crippen LogP contribution in [0.15, 0.2) is 18.2 Å². The van der Waals surface area contributed by atoms with Crippen molar-refractivity contribution >= 4 is 0 Å². The SMILES string of the molecule is CC(N)CC[C@@H](CNCc1cc(C(F)(F)F)cc(C(F)(F)F)c1)[NH+](N)[O-]. The Bertz CT molecular complexity index is 542. The highest BCUT2D eigenvalue weighted by Gasteiger charge is 2.36. The largest absolute Gasteiger partial charge is 0.613 e. The highest BCUT2D eigenvalue weighted by Crippen LogP contribution is 2.36. The number of rotatable bonds is 8. The predicted molar refractivity (Wildman–Crippen MR) is 83.3 cm³/mol. The van der Waals surface area contributed by atoms with Crippen molar-refractivity contribution in [3.05, 3.63) is 40.1 Å². The molecule has 1 rings (SSSR count). The molecule has 150 valence electrons. The summed E-state index contributed by atoms with van der Waals surface area (Å²) in [5, 5.41) is 13.4. The summed E-state index contributed by atoms with van der Waals surface area (Å²) in [6.45, 7) is 1.50. The minimum atomic E-state index is -4.90. The molecule has 0 fully saturated rings. The average Bonchev–Trinajstić information content (AvgIpc) is 2.48. The van der Waals surface area contributed by atoms with Gasteiger partial charge in [-0.1, -0.05) is 0 Å². The van der Waals surface area contributed by atoms with Gasteiger partial charge in [0, 0.05) is 19.0 Å². The van der Waals surface area contributed by atoms with Gasteiger partial charge in [0.1, 0.15) is 6.04 Å². The molecule has 0 aliphatic heterocycles. The summed E-state index contributed by atoms with van der Waals surface area (Å²) in [7, 11) is 0. The first-order valence-corrected chi connectivity index (χ1v) is 7.84. The third-order valence-corrected chi connectivity index (χ3v) is 3.74. The summed E-state index contributed by atoms with van der Waals surface area (Å²) in [6, 6.07) is 0.578. The molecule has 1 aromatic rings. The van der Waals surface area contributed by atoms with Crippen LogP contribution in [-0.4, -0.2) is 18.6 Å². The van der Waals surface area contributed by atoms with E-state index >= 15 is 0 Å². The second-order valence-corrected chi connectivity index (χ2v) is 6.20. The number of benzene rings is 1. The predicted octanol–water partition coefficient (Wildman–Crippen LogP) is 1.57. The van der Waals surface area contributed by atoms with E-state index < -0.39 is 34.7 Å². The van der Waals surface area contributed by atoms with Crippen molar-refractivity contribution in [2.24, 2.45) is 11.6 Å². The Labute approximate surface area is 146 Å². The summed E-state index contributed by atoms with van der Waals surface area (Å²) < 4.78 is 76.8. The van der Waals surface area contributed by atoms with Crippen molar-refractivity contribution in [3.8, 4) is 0 Å². The van der Waals surface area contributed by atoms with E-state index in [9.17, 15) is 31.5 Å². The smallest absolute Gasteiger partial charge is 0.416 e. The molecule has 3 atom stereocenters. The van der Waals surface area contributed by atoms with Gasteiger partial charge in [-0.15, -0.1) is 0 Å². The molecule has 0 bridgehead atoms. The van der Waals surface area contributed by atoms with Crippen molar-refractivity contribution in [3.63, 3.8) is 0 Å². The molecule has 0 saturated carbocycles. The molecule has 26 heavy (non-hydrogen) atoms. The zero-order chi connectivity index (χ0) is 20.1. The van der Waals surface area contributed by atoms with Crippen molar-refractivity contribution in [1.82, 2.24) is 5.32 Å². The number of nitrogens with one attached hydrogen (secondary N) is 2. The lowest BCUT2D eigenvalue weighted by Crippen LogP contribution is -3.17. The summed E-state index contributed by atoms with van der Waals surface area (Å²) >= 11 is 0. The normalized spacial score (nSPS) is 16.4. The number of quaternary nitrogens is 1. The number of hydrogen-bond acceptors (Lipinski definition) is 4. The fourth-order valence-corrected chi connectivity index (χ4v) is 2.32. The Balaban J connectivity index is 2.85. The third-order valence-electron chi connectivity index (χ3n) is 3.74. The van der Waals surface area contributed by atoms with Crippen LogP contribution in [0.1, 0.15) is 36.5 Å². The fraction of sp³-hybridized carbons (Fsp3) is 0.600. The molecule has 2 unspecified atom stereocenters. The lowest BCUT2D eigenvalue weighted by atomic mass is 10.0. The molecule has 0 radical (unpaired) electrons. The highest BCUT2D eigenvalue weighted by molar-refractivity contribution is 5.33. The Morgan fingerprint density at radius 2 is 1.54 bits per heavy atom. The molecule has 0 aliphatic rings. The molecule has 11 heteroatoms. The van der Waals surface area contributed by atoms with Gasteiger partial charge in [0.2, 0.25) is 0 Å². The average molecular weight is 388 g/mol. The lowest BCUT2D eigenvalue weighted by molar-refractivity contribution is -0.887. The Morgan fingerprint density at radius 3 is 1.92 bits per heavy atom. The Hall–Kier alpha value is -1.40. The standard InChI is InChI=1S/C15H22F6N4O/c1-9(22)2-3-13(25(23)26)8-24-7-10-4-11(14(16,17)18)6-12(5-10)15(19,20)21/h4-6,9,13,24-25H,2-3,7-8,22-23H2,1H3/t9?,13-/m0/s1. The van der Waals surface area contributed by atoms with Gasteiger partial charge in [0.25, 0.3) is 0 Å². The van der Waals surface area contributed by atoms with Crippen molar-refractivity contribution in [2.75, 3.05) is 6.54 Å². The molecular weight excluding hydrogens is 366 g/mol. The van der Waals surface area contributed by atoms with E-state index in [1.54, 1.807) is 6.92 Å². The molecular formula is C15H22F6N4O. The lowest BCUT2D eigenvalue weighted by Gasteiger charge is -2.27. The van der Waals surface area contributed by atoms with E-state index in [-0.39, 0.29) is 30.8 Å². The Morgan fingerprint density at radius 1 is 1.04 bits per heavy atom. The summed E-state index contributed by atoms with van der Waals surface area (Å²) in [6.07, 6.45) is -8.92. The van der Waals surface area contributed by atoms with Gasteiger partial charge in [-0.05, 0) is 37.1 Å². The quantitative estimate of drug-likeness (QED) is 0.309. The maximum atomic E-state index is 12.8. The molecule has 0 saturated heterocycles. The summed E-state index contributed by atoms with van der Waals surface area (Å²) in [5.74, 6) is 5.25. The van der Waals surface area contributed by atoms with E-state index in [4.69, 9.17) is 11.6 Å². The third kappa shape index (κ3) is 7.46. The molecule has 0 amide bonds. The Kier molecular flexibility index (Phi) is 7.84. The first-order valence-electron chi connectivity index (χ1n) is 7.84. The van der Waals surface area contributed by atoms with Crippen LogP contribution >= 0.6 is 0 Å². The van der Waals surface area contributed by atoms with Crippen molar-refractivity contribution in [2.45, 2.75) is 50.7 Å². The van der Waals surface area contributed by atoms with Crippen LogP contribution in [0.2, 0.25) is 0 Å². The van der Waals surface area contributed by atoms with E-state index in [2.05, 4.69) is 5.32 Å². The molecule has 0 aromatic heterocycles. The van der Waals surface area contributed by atoms with Gasteiger partial charge in [-0.3, -0.25) is 5.17 Å². The minimum absolute atomic E-state index is 0.0274. The number of halogens is 6. The zero-order valence-corrected chi connectivity index (χ0v) is 14.0. The van der Waals surface area contributed by atoms with Crippen LogP contribution in [0.3, 0.4) is 0 Å². The van der Waals surface area contributed by atoms with E-state index in [1.165, 1.54) is 0 Å². The van der Waals surface area contributed by atoms with E-state index in [1.807, 2.05) is 0 Å². The van der Waals surface area contributed by atoms with Crippen LogP contribution in [0, 0.1) is 5.21 Å². The van der Waals surface area contributed by atoms with Gasteiger partial charge < -0.3 is 16.3 Å². The van der Waals surface area contributed by atoms with Crippen LogP contribution in [0.5, 0.6) is 0 Å². The maximum absolute atomic E-state index is 12.8. The first-order chi connectivity index (χ1) is 11.8. The highest BCUT2D eigenvalue weighted by atomic mass is 19.4. The topological polar surface area (TPSA) is 91.6 Å². The molecule has 0 spiro atoms. The molecule has 6 N–H and O–H groups in total. The maximum Gasteiger partial charge on any atom is 0.416 e. The van der Waals surface area contributed by atoms with Gasteiger partial charge in [-0.2, -0.15) is 32.2 Å². The van der Waals surface area contributed by atoms with Crippen LogP contribution in [-0.2, 0) is 18.9 Å². The molecule has 0 heterocycles. The number of hydrogen-bond donors (Lipinski definition) is 4. The monoisotopic (exact) mass is 388 g/mol. The number of alkyl halides is 6. The summed E-state index contributed by atoms with van der Waals surface area (Å²) in [5.41, 5.74) is 2.63. The number of nitrogens with two attached hydrogens (primary N) is 2. The van der Waals surface area contributed by atoms with Gasteiger partial charge in [0.15, 0.2) is 0 Å². The minimum Gasteiger partial charge on any atom is -0.613 e. The van der Waals surface area contributed by atoms with Crippen LogP contribution < -0.4 is 22.1 Å². The van der Waals surface area contributed by atoms with Gasteiger partial charge in [0.05, 0.1) is 17.7 Å². The summed E-state index contributed by atoms with van der Waals surface area (Å²) in [4.78, 5) is 0. The second-order valence-electron chi connectivity index (χ2n) is 6.20. The molecule has 0 aliphatic carbocycles. The number of hydroxylamine groups is 1. The molecule has 5 nitrogen and oxygen atoms in total. The van der Waals surface area contributed by atoms with Crippen molar-refractivity contribution < 1.29 is 31.5 Å². The van der Waals surface area contributed by atoms with Crippen LogP contribution in [0.4, 0.5) is 26.3 Å².